The first-order valence-corrected chi connectivity index (χ1v) is 10.5. The maximum absolute atomic E-state index is 13.1. The molecule has 0 spiro atoms. The second-order valence-electron chi connectivity index (χ2n) is 7.08. The lowest BCUT2D eigenvalue weighted by Gasteiger charge is -2.35. The first-order valence-electron chi connectivity index (χ1n) is 9.71. The summed E-state index contributed by atoms with van der Waals surface area (Å²) in [5.74, 6) is -0.0485. The Bertz CT molecular complexity index is 1030. The maximum Gasteiger partial charge on any atom is 0.274 e. The highest BCUT2D eigenvalue weighted by atomic mass is 79.9. The van der Waals surface area contributed by atoms with Crippen molar-refractivity contribution in [3.63, 3.8) is 0 Å². The van der Waals surface area contributed by atoms with Crippen molar-refractivity contribution in [3.05, 3.63) is 58.0 Å². The molecule has 0 fully saturated rings. The van der Waals surface area contributed by atoms with Gasteiger partial charge in [-0.2, -0.15) is 5.10 Å². The molecule has 146 valence electrons. The van der Waals surface area contributed by atoms with E-state index in [1.165, 1.54) is 16.8 Å². The molecule has 2 aromatic heterocycles. The summed E-state index contributed by atoms with van der Waals surface area (Å²) in [6.07, 6.45) is 4.37. The molecule has 6 nitrogen and oxygen atoms in total. The van der Waals surface area contributed by atoms with Gasteiger partial charge in [0.15, 0.2) is 11.3 Å². The predicted molar refractivity (Wildman–Crippen MR) is 114 cm³/mol. The van der Waals surface area contributed by atoms with Gasteiger partial charge in [0.05, 0.1) is 10.5 Å². The smallest absolute Gasteiger partial charge is 0.274 e. The zero-order valence-corrected chi connectivity index (χ0v) is 18.0. The fourth-order valence-corrected chi connectivity index (χ4v) is 4.28. The zero-order valence-electron chi connectivity index (χ0n) is 16.4. The van der Waals surface area contributed by atoms with Gasteiger partial charge in [-0.15, -0.1) is 0 Å². The van der Waals surface area contributed by atoms with Crippen LogP contribution in [-0.4, -0.2) is 45.0 Å². The van der Waals surface area contributed by atoms with Crippen LogP contribution in [0.3, 0.4) is 0 Å². The van der Waals surface area contributed by atoms with E-state index in [1.807, 2.05) is 11.1 Å². The average Bonchev–Trinajstić information content (AvgIpc) is 3.12. The molecule has 1 atom stereocenters. The van der Waals surface area contributed by atoms with Gasteiger partial charge < -0.3 is 9.80 Å². The van der Waals surface area contributed by atoms with E-state index in [9.17, 15) is 4.79 Å². The minimum absolute atomic E-state index is 0.0199. The minimum atomic E-state index is -0.0485. The van der Waals surface area contributed by atoms with E-state index in [4.69, 9.17) is 0 Å². The van der Waals surface area contributed by atoms with E-state index in [0.29, 0.717) is 17.9 Å². The summed E-state index contributed by atoms with van der Waals surface area (Å²) < 4.78 is 2.46. The van der Waals surface area contributed by atoms with Crippen LogP contribution in [0, 0.1) is 0 Å². The van der Waals surface area contributed by atoms with Crippen LogP contribution in [-0.2, 0) is 6.42 Å². The van der Waals surface area contributed by atoms with Crippen LogP contribution in [0.25, 0.3) is 5.65 Å². The van der Waals surface area contributed by atoms with E-state index >= 15 is 0 Å². The Hall–Kier alpha value is -2.41. The molecule has 1 unspecified atom stereocenters. The number of nitrogens with zero attached hydrogens (tertiary/aromatic N) is 5. The molecule has 0 saturated heterocycles. The highest BCUT2D eigenvalue weighted by Crippen LogP contribution is 2.33. The molecule has 0 saturated carbocycles. The number of aromatic nitrogens is 3. The summed E-state index contributed by atoms with van der Waals surface area (Å²) in [6.45, 7) is 9.13. The van der Waals surface area contributed by atoms with Crippen LogP contribution in [0.15, 0.2) is 41.1 Å². The fraction of sp³-hybridized carbons (Fsp3) is 0.381. The summed E-state index contributed by atoms with van der Waals surface area (Å²) in [6, 6.07) is 8.40. The Morgan fingerprint density at radius 1 is 1.29 bits per heavy atom. The van der Waals surface area contributed by atoms with Crippen molar-refractivity contribution < 1.29 is 4.79 Å². The number of anilines is 1. The topological polar surface area (TPSA) is 53.7 Å². The molecule has 1 amide bonds. The molecular formula is C21H24BrN5O. The van der Waals surface area contributed by atoms with E-state index in [2.05, 4.69) is 69.9 Å². The Morgan fingerprint density at radius 2 is 2.07 bits per heavy atom. The minimum Gasteiger partial charge on any atom is -0.372 e. The molecule has 1 aliphatic rings. The SMILES string of the molecule is CCN(CC)c1ccc2c(c1)CCN(C(=O)c1cc3ncc(Br)cn3n1)C2C. The second kappa shape index (κ2) is 7.54. The number of carbonyl (C=O) groups excluding carboxylic acids is 1. The van der Waals surface area contributed by atoms with Crippen LogP contribution in [0.1, 0.15) is 48.4 Å². The molecule has 0 aliphatic carbocycles. The molecule has 1 aliphatic heterocycles. The third kappa shape index (κ3) is 3.28. The summed E-state index contributed by atoms with van der Waals surface area (Å²) >= 11 is 3.39. The van der Waals surface area contributed by atoms with Crippen LogP contribution in [0.2, 0.25) is 0 Å². The van der Waals surface area contributed by atoms with Gasteiger partial charge in [0.2, 0.25) is 0 Å². The molecule has 7 heteroatoms. The molecule has 1 aromatic carbocycles. The highest BCUT2D eigenvalue weighted by Gasteiger charge is 2.30. The number of halogens is 1. The Balaban J connectivity index is 1.61. The van der Waals surface area contributed by atoms with Gasteiger partial charge in [-0.25, -0.2) is 9.50 Å². The molecular weight excluding hydrogens is 418 g/mol. The van der Waals surface area contributed by atoms with Crippen molar-refractivity contribution in [2.75, 3.05) is 24.5 Å². The van der Waals surface area contributed by atoms with Crippen molar-refractivity contribution in [2.24, 2.45) is 0 Å². The van der Waals surface area contributed by atoms with Gasteiger partial charge in [-0.1, -0.05) is 6.07 Å². The monoisotopic (exact) mass is 441 g/mol. The number of hydrogen-bond acceptors (Lipinski definition) is 4. The molecule has 0 N–H and O–H groups in total. The largest absolute Gasteiger partial charge is 0.372 e. The number of rotatable bonds is 4. The van der Waals surface area contributed by atoms with Gasteiger partial charge in [0.25, 0.3) is 5.91 Å². The van der Waals surface area contributed by atoms with Crippen LogP contribution < -0.4 is 4.90 Å². The molecule has 0 bridgehead atoms. The first-order chi connectivity index (χ1) is 13.5. The molecule has 4 rings (SSSR count). The number of carbonyl (C=O) groups is 1. The standard InChI is InChI=1S/C21H24BrN5O/c1-4-25(5-2)17-6-7-18-14(3)26(9-8-15(18)10-17)21(28)19-11-20-23-12-16(22)13-27(20)24-19/h6-7,10-14H,4-5,8-9H2,1-3H3. The lowest BCUT2D eigenvalue weighted by Crippen LogP contribution is -2.39. The summed E-state index contributed by atoms with van der Waals surface area (Å²) in [5, 5.41) is 4.42. The van der Waals surface area contributed by atoms with E-state index in [0.717, 1.165) is 24.0 Å². The first kappa shape index (κ1) is 18.9. The van der Waals surface area contributed by atoms with Crippen LogP contribution in [0.5, 0.6) is 0 Å². The van der Waals surface area contributed by atoms with E-state index in [-0.39, 0.29) is 11.9 Å². The third-order valence-electron chi connectivity index (χ3n) is 5.56. The maximum atomic E-state index is 13.1. The molecule has 28 heavy (non-hydrogen) atoms. The lowest BCUT2D eigenvalue weighted by molar-refractivity contribution is 0.0671. The Labute approximate surface area is 173 Å². The Morgan fingerprint density at radius 3 is 2.82 bits per heavy atom. The van der Waals surface area contributed by atoms with E-state index < -0.39 is 0 Å². The fourth-order valence-electron chi connectivity index (χ4n) is 3.99. The lowest BCUT2D eigenvalue weighted by atomic mass is 9.92. The van der Waals surface area contributed by atoms with Crippen molar-refractivity contribution in [2.45, 2.75) is 33.2 Å². The molecule has 3 aromatic rings. The summed E-state index contributed by atoms with van der Waals surface area (Å²) in [5.41, 5.74) is 4.91. The number of amides is 1. The summed E-state index contributed by atoms with van der Waals surface area (Å²) in [7, 11) is 0. The second-order valence-corrected chi connectivity index (χ2v) is 8.00. The summed E-state index contributed by atoms with van der Waals surface area (Å²) in [4.78, 5) is 21.7. The van der Waals surface area contributed by atoms with Gasteiger partial charge in [0, 0.05) is 43.8 Å². The van der Waals surface area contributed by atoms with Crippen molar-refractivity contribution in [3.8, 4) is 0 Å². The molecule has 3 heterocycles. The van der Waals surface area contributed by atoms with E-state index in [1.54, 1.807) is 16.8 Å². The Kier molecular flexibility index (Phi) is 5.10. The van der Waals surface area contributed by atoms with Gasteiger partial charge >= 0.3 is 0 Å². The predicted octanol–water partition coefficient (Wildman–Crippen LogP) is 4.10. The van der Waals surface area contributed by atoms with Gasteiger partial charge in [-0.3, -0.25) is 4.79 Å². The highest BCUT2D eigenvalue weighted by molar-refractivity contribution is 9.10. The van der Waals surface area contributed by atoms with Crippen molar-refractivity contribution >= 4 is 33.2 Å². The average molecular weight is 442 g/mol. The van der Waals surface area contributed by atoms with Crippen LogP contribution >= 0.6 is 15.9 Å². The van der Waals surface area contributed by atoms with Gasteiger partial charge in [0.1, 0.15) is 0 Å². The number of fused-ring (bicyclic) bond motifs is 2. The zero-order chi connectivity index (χ0) is 19.8. The quantitative estimate of drug-likeness (QED) is 0.611. The molecule has 0 radical (unpaired) electrons. The van der Waals surface area contributed by atoms with Crippen molar-refractivity contribution in [1.29, 1.82) is 0 Å². The van der Waals surface area contributed by atoms with Crippen molar-refractivity contribution in [1.82, 2.24) is 19.5 Å². The normalized spacial score (nSPS) is 16.3. The third-order valence-corrected chi connectivity index (χ3v) is 5.97. The van der Waals surface area contributed by atoms with Crippen LogP contribution in [0.4, 0.5) is 5.69 Å². The van der Waals surface area contributed by atoms with Gasteiger partial charge in [-0.05, 0) is 66.4 Å². The number of hydrogen-bond donors (Lipinski definition) is 0. The number of benzene rings is 1.